The molecule has 1 aliphatic rings. The van der Waals surface area contributed by atoms with Crippen molar-refractivity contribution in [3.05, 3.63) is 83.4 Å². The van der Waals surface area contributed by atoms with Gasteiger partial charge >= 0.3 is 6.18 Å². The molecule has 1 atom stereocenters. The number of halogens is 3. The maximum absolute atomic E-state index is 13.3. The highest BCUT2D eigenvalue weighted by molar-refractivity contribution is 5.97. The zero-order chi connectivity index (χ0) is 28.0. The van der Waals surface area contributed by atoms with Crippen molar-refractivity contribution in [3.63, 3.8) is 0 Å². The van der Waals surface area contributed by atoms with Crippen LogP contribution in [-0.2, 0) is 11.0 Å². The van der Waals surface area contributed by atoms with E-state index in [0.717, 1.165) is 24.1 Å². The van der Waals surface area contributed by atoms with E-state index in [0.29, 0.717) is 24.7 Å². The summed E-state index contributed by atoms with van der Waals surface area (Å²) in [5, 5.41) is 5.42. The van der Waals surface area contributed by atoms with Gasteiger partial charge < -0.3 is 24.8 Å². The standard InChI is InChI=1S/C29H29F3N2O5/c1-18(2)27(19-11-12-24-25(15-19)38-14-6-13-37-24)34-28(36)22-9-3-4-10-23(22)39-17-26(35)33-21-8-5-7-20(16-21)29(30,31)32/h3-5,7-12,15-16,18,27H,6,13-14,17H2,1-2H3,(H,33,35)(H,34,36)/t27-/m1/s1. The molecule has 0 saturated carbocycles. The summed E-state index contributed by atoms with van der Waals surface area (Å²) in [4.78, 5) is 25.7. The van der Waals surface area contributed by atoms with Crippen LogP contribution in [0.15, 0.2) is 66.7 Å². The molecule has 1 heterocycles. The molecule has 0 unspecified atom stereocenters. The summed E-state index contributed by atoms with van der Waals surface area (Å²) in [6, 6.07) is 16.0. The summed E-state index contributed by atoms with van der Waals surface area (Å²) in [5.41, 5.74) is 0.168. The topological polar surface area (TPSA) is 85.9 Å². The molecule has 0 bridgehead atoms. The van der Waals surface area contributed by atoms with Gasteiger partial charge in [0.2, 0.25) is 0 Å². The Morgan fingerprint density at radius 1 is 0.949 bits per heavy atom. The molecule has 7 nitrogen and oxygen atoms in total. The number of benzene rings is 3. The molecule has 2 amide bonds. The highest BCUT2D eigenvalue weighted by Crippen LogP contribution is 2.35. The Kier molecular flexibility index (Phi) is 8.63. The first-order valence-corrected chi connectivity index (χ1v) is 12.5. The van der Waals surface area contributed by atoms with Gasteiger partial charge in [-0.25, -0.2) is 0 Å². The van der Waals surface area contributed by atoms with Crippen LogP contribution < -0.4 is 24.8 Å². The molecule has 2 N–H and O–H groups in total. The molecule has 39 heavy (non-hydrogen) atoms. The molecule has 0 spiro atoms. The molecule has 206 valence electrons. The average Bonchev–Trinajstić information content (AvgIpc) is 3.15. The molecular weight excluding hydrogens is 513 g/mol. The van der Waals surface area contributed by atoms with Crippen molar-refractivity contribution >= 4 is 17.5 Å². The van der Waals surface area contributed by atoms with Crippen LogP contribution in [-0.4, -0.2) is 31.6 Å². The molecular formula is C29H29F3N2O5. The smallest absolute Gasteiger partial charge is 0.416 e. The van der Waals surface area contributed by atoms with Crippen LogP contribution in [0.2, 0.25) is 0 Å². The van der Waals surface area contributed by atoms with Crippen LogP contribution in [0, 0.1) is 5.92 Å². The first-order chi connectivity index (χ1) is 18.6. The maximum Gasteiger partial charge on any atom is 0.416 e. The van der Waals surface area contributed by atoms with Gasteiger partial charge in [0.25, 0.3) is 11.8 Å². The summed E-state index contributed by atoms with van der Waals surface area (Å²) in [5.74, 6) is 0.402. The highest BCUT2D eigenvalue weighted by atomic mass is 19.4. The maximum atomic E-state index is 13.3. The molecule has 3 aromatic carbocycles. The molecule has 3 aromatic rings. The Balaban J connectivity index is 1.44. The Hall–Kier alpha value is -4.21. The van der Waals surface area contributed by atoms with E-state index in [1.54, 1.807) is 24.3 Å². The molecule has 1 aliphatic heterocycles. The number of amides is 2. The molecule has 0 radical (unpaired) electrons. The van der Waals surface area contributed by atoms with Crippen molar-refractivity contribution in [2.24, 2.45) is 5.92 Å². The second-order valence-electron chi connectivity index (χ2n) is 9.36. The van der Waals surface area contributed by atoms with E-state index in [9.17, 15) is 22.8 Å². The third-order valence-corrected chi connectivity index (χ3v) is 6.05. The van der Waals surface area contributed by atoms with Crippen molar-refractivity contribution in [3.8, 4) is 17.2 Å². The molecule has 0 aliphatic carbocycles. The number of carbonyl (C=O) groups is 2. The van der Waals surface area contributed by atoms with Gasteiger partial charge in [-0.2, -0.15) is 13.2 Å². The van der Waals surface area contributed by atoms with Crippen molar-refractivity contribution in [1.29, 1.82) is 0 Å². The van der Waals surface area contributed by atoms with Crippen LogP contribution in [0.25, 0.3) is 0 Å². The summed E-state index contributed by atoms with van der Waals surface area (Å²) >= 11 is 0. The Labute approximate surface area is 224 Å². The van der Waals surface area contributed by atoms with Gasteiger partial charge in [-0.15, -0.1) is 0 Å². The Bertz CT molecular complexity index is 1330. The van der Waals surface area contributed by atoms with Crippen LogP contribution >= 0.6 is 0 Å². The first-order valence-electron chi connectivity index (χ1n) is 12.5. The van der Waals surface area contributed by atoms with E-state index >= 15 is 0 Å². The van der Waals surface area contributed by atoms with E-state index in [2.05, 4.69) is 10.6 Å². The minimum Gasteiger partial charge on any atom is -0.490 e. The third kappa shape index (κ3) is 7.22. The molecule has 0 aromatic heterocycles. The fourth-order valence-corrected chi connectivity index (χ4v) is 4.12. The van der Waals surface area contributed by atoms with Crippen molar-refractivity contribution in [2.45, 2.75) is 32.5 Å². The number of anilines is 1. The van der Waals surface area contributed by atoms with E-state index < -0.39 is 30.2 Å². The van der Waals surface area contributed by atoms with Crippen LogP contribution in [0.1, 0.15) is 47.8 Å². The summed E-state index contributed by atoms with van der Waals surface area (Å²) in [6.07, 6.45) is -3.75. The van der Waals surface area contributed by atoms with Crippen molar-refractivity contribution < 1.29 is 37.0 Å². The van der Waals surface area contributed by atoms with E-state index in [1.165, 1.54) is 12.1 Å². The van der Waals surface area contributed by atoms with Gasteiger partial charge in [-0.05, 0) is 53.9 Å². The molecule has 0 fully saturated rings. The second kappa shape index (κ2) is 12.1. The van der Waals surface area contributed by atoms with Crippen molar-refractivity contribution in [2.75, 3.05) is 25.1 Å². The Morgan fingerprint density at radius 2 is 1.69 bits per heavy atom. The largest absolute Gasteiger partial charge is 0.490 e. The molecule has 0 saturated heterocycles. The van der Waals surface area contributed by atoms with Crippen LogP contribution in [0.5, 0.6) is 17.2 Å². The molecule has 4 rings (SSSR count). The first kappa shape index (κ1) is 27.8. The zero-order valence-corrected chi connectivity index (χ0v) is 21.5. The number of fused-ring (bicyclic) bond motifs is 1. The van der Waals surface area contributed by atoms with Gasteiger partial charge in [0.05, 0.1) is 30.4 Å². The fourth-order valence-electron chi connectivity index (χ4n) is 4.12. The monoisotopic (exact) mass is 542 g/mol. The number of nitrogens with one attached hydrogen (secondary N) is 2. The number of hydrogen-bond acceptors (Lipinski definition) is 5. The summed E-state index contributed by atoms with van der Waals surface area (Å²) in [6.45, 7) is 4.58. The molecule has 10 heteroatoms. The van der Waals surface area contributed by atoms with Crippen LogP contribution in [0.3, 0.4) is 0 Å². The number of para-hydroxylation sites is 1. The quantitative estimate of drug-likeness (QED) is 0.364. The van der Waals surface area contributed by atoms with E-state index in [1.807, 2.05) is 32.0 Å². The van der Waals surface area contributed by atoms with E-state index in [4.69, 9.17) is 14.2 Å². The van der Waals surface area contributed by atoms with Gasteiger partial charge in [0, 0.05) is 12.1 Å². The number of alkyl halides is 3. The van der Waals surface area contributed by atoms with Crippen LogP contribution in [0.4, 0.5) is 18.9 Å². The normalized spacial score (nSPS) is 13.8. The lowest BCUT2D eigenvalue weighted by atomic mass is 9.95. The number of rotatable bonds is 8. The minimum atomic E-state index is -4.53. The average molecular weight is 543 g/mol. The minimum absolute atomic E-state index is 0.0145. The van der Waals surface area contributed by atoms with Gasteiger partial charge in [-0.1, -0.05) is 38.1 Å². The number of ether oxygens (including phenoxy) is 3. The predicted molar refractivity (Wildman–Crippen MR) is 139 cm³/mol. The lowest BCUT2D eigenvalue weighted by Crippen LogP contribution is -2.32. The fraction of sp³-hybridized carbons (Fsp3) is 0.310. The van der Waals surface area contributed by atoms with Gasteiger partial charge in [0.15, 0.2) is 18.1 Å². The van der Waals surface area contributed by atoms with E-state index in [-0.39, 0.29) is 29.0 Å². The SMILES string of the molecule is CC(C)[C@@H](NC(=O)c1ccccc1OCC(=O)Nc1cccc(C(F)(F)F)c1)c1ccc2c(c1)OCCCO2. The highest BCUT2D eigenvalue weighted by Gasteiger charge is 2.30. The lowest BCUT2D eigenvalue weighted by Gasteiger charge is -2.24. The number of hydrogen-bond donors (Lipinski definition) is 2. The van der Waals surface area contributed by atoms with Crippen molar-refractivity contribution in [1.82, 2.24) is 5.32 Å². The Morgan fingerprint density at radius 3 is 2.44 bits per heavy atom. The number of carbonyl (C=O) groups excluding carboxylic acids is 2. The zero-order valence-electron chi connectivity index (χ0n) is 21.5. The predicted octanol–water partition coefficient (Wildman–Crippen LogP) is 6.01. The third-order valence-electron chi connectivity index (χ3n) is 6.05. The summed E-state index contributed by atoms with van der Waals surface area (Å²) < 4.78 is 55.9. The second-order valence-corrected chi connectivity index (χ2v) is 9.36. The lowest BCUT2D eigenvalue weighted by molar-refractivity contribution is -0.137. The van der Waals surface area contributed by atoms with Gasteiger partial charge in [0.1, 0.15) is 5.75 Å². The van der Waals surface area contributed by atoms with Gasteiger partial charge in [-0.3, -0.25) is 9.59 Å². The summed E-state index contributed by atoms with van der Waals surface area (Å²) in [7, 11) is 0.